The summed E-state index contributed by atoms with van der Waals surface area (Å²) in [5.41, 5.74) is 6.48. The lowest BCUT2D eigenvalue weighted by molar-refractivity contribution is 0.0955. The summed E-state index contributed by atoms with van der Waals surface area (Å²) in [5.74, 6) is 0.482. The van der Waals surface area contributed by atoms with Crippen molar-refractivity contribution in [2.24, 2.45) is 5.10 Å². The maximum atomic E-state index is 12.3. The number of rotatable bonds is 5. The summed E-state index contributed by atoms with van der Waals surface area (Å²) in [6.07, 6.45) is 1.67. The Morgan fingerprint density at radius 3 is 2.66 bits per heavy atom. The van der Waals surface area contributed by atoms with Crippen molar-refractivity contribution in [1.29, 1.82) is 0 Å². The summed E-state index contributed by atoms with van der Waals surface area (Å²) in [7, 11) is 1.61. The van der Waals surface area contributed by atoms with Crippen LogP contribution in [0.3, 0.4) is 0 Å². The van der Waals surface area contributed by atoms with E-state index in [4.69, 9.17) is 4.74 Å². The van der Waals surface area contributed by atoms with Crippen LogP contribution in [0, 0.1) is 3.57 Å². The third-order valence-corrected chi connectivity index (χ3v) is 5.75. The lowest BCUT2D eigenvalue weighted by Crippen LogP contribution is -2.17. The molecule has 0 saturated heterocycles. The van der Waals surface area contributed by atoms with Gasteiger partial charge in [-0.15, -0.1) is 0 Å². The maximum absolute atomic E-state index is 12.3. The summed E-state index contributed by atoms with van der Waals surface area (Å²) in [6.45, 7) is 3.06. The highest BCUT2D eigenvalue weighted by Gasteiger charge is 2.10. The predicted molar refractivity (Wildman–Crippen MR) is 126 cm³/mol. The molecule has 1 heterocycles. The molecule has 1 N–H and O–H groups in total. The van der Waals surface area contributed by atoms with Gasteiger partial charge in [-0.2, -0.15) is 5.10 Å². The van der Waals surface area contributed by atoms with E-state index in [-0.39, 0.29) is 5.91 Å². The van der Waals surface area contributed by atoms with Crippen molar-refractivity contribution in [3.63, 3.8) is 0 Å². The van der Waals surface area contributed by atoms with Gasteiger partial charge in [0.05, 0.1) is 16.9 Å². The molecule has 0 spiro atoms. The minimum atomic E-state index is -0.259. The molecule has 0 radical (unpaired) electrons. The van der Waals surface area contributed by atoms with Crippen molar-refractivity contribution in [3.05, 3.63) is 75.4 Å². The molecule has 4 rings (SSSR count). The molecule has 6 heteroatoms. The molecule has 1 amide bonds. The number of hydrogen-bond acceptors (Lipinski definition) is 3. The first-order valence-electron chi connectivity index (χ1n) is 9.30. The van der Waals surface area contributed by atoms with Gasteiger partial charge in [-0.3, -0.25) is 4.79 Å². The number of aryl methyl sites for hydroxylation is 1. The number of amides is 1. The molecule has 0 saturated carbocycles. The van der Waals surface area contributed by atoms with Crippen LogP contribution >= 0.6 is 22.6 Å². The molecule has 146 valence electrons. The van der Waals surface area contributed by atoms with Crippen LogP contribution in [0.15, 0.2) is 65.8 Å². The first kappa shape index (κ1) is 19.4. The molecule has 0 aliphatic heterocycles. The van der Waals surface area contributed by atoms with Crippen LogP contribution in [0.1, 0.15) is 22.8 Å². The van der Waals surface area contributed by atoms with Gasteiger partial charge in [0, 0.05) is 33.9 Å². The van der Waals surface area contributed by atoms with Crippen LogP contribution in [0.25, 0.3) is 21.8 Å². The van der Waals surface area contributed by atoms with Crippen LogP contribution in [0.5, 0.6) is 5.75 Å². The van der Waals surface area contributed by atoms with Gasteiger partial charge in [0.1, 0.15) is 5.75 Å². The van der Waals surface area contributed by atoms with E-state index in [0.717, 1.165) is 21.4 Å². The fraction of sp³-hybridized carbons (Fsp3) is 0.130. The zero-order valence-corrected chi connectivity index (χ0v) is 18.3. The number of halogens is 1. The highest BCUT2D eigenvalue weighted by Crippen LogP contribution is 2.29. The summed E-state index contributed by atoms with van der Waals surface area (Å²) in [6, 6.07) is 19.9. The zero-order chi connectivity index (χ0) is 20.4. The Morgan fingerprint density at radius 1 is 1.10 bits per heavy atom. The van der Waals surface area contributed by atoms with Gasteiger partial charge in [-0.25, -0.2) is 5.43 Å². The van der Waals surface area contributed by atoms with E-state index in [1.807, 2.05) is 6.07 Å². The normalized spacial score (nSPS) is 11.4. The van der Waals surface area contributed by atoms with E-state index < -0.39 is 0 Å². The molecule has 1 aromatic heterocycles. The minimum Gasteiger partial charge on any atom is -0.496 e. The lowest BCUT2D eigenvalue weighted by atomic mass is 10.1. The second-order valence-electron chi connectivity index (χ2n) is 6.59. The average Bonchev–Trinajstić information content (AvgIpc) is 3.06. The molecule has 3 aromatic carbocycles. The number of hydrazone groups is 1. The number of aromatic nitrogens is 1. The summed E-state index contributed by atoms with van der Waals surface area (Å²) in [4.78, 5) is 12.3. The van der Waals surface area contributed by atoms with Gasteiger partial charge >= 0.3 is 0 Å². The molecule has 4 aromatic rings. The summed E-state index contributed by atoms with van der Waals surface area (Å²) < 4.78 is 8.40. The number of nitrogens with zero attached hydrogens (tertiary/aromatic N) is 2. The minimum absolute atomic E-state index is 0.259. The lowest BCUT2D eigenvalue weighted by Gasteiger charge is -2.05. The number of ether oxygens (including phenoxy) is 1. The zero-order valence-electron chi connectivity index (χ0n) is 16.1. The molecule has 0 unspecified atom stereocenters. The fourth-order valence-electron chi connectivity index (χ4n) is 3.53. The third kappa shape index (κ3) is 3.72. The Morgan fingerprint density at radius 2 is 1.90 bits per heavy atom. The van der Waals surface area contributed by atoms with Gasteiger partial charge in [0.25, 0.3) is 5.91 Å². The molecule has 0 fully saturated rings. The number of para-hydroxylation sites is 1. The van der Waals surface area contributed by atoms with E-state index in [2.05, 4.69) is 81.0 Å². The van der Waals surface area contributed by atoms with E-state index in [1.165, 1.54) is 21.8 Å². The molecule has 0 aliphatic rings. The van der Waals surface area contributed by atoms with E-state index in [9.17, 15) is 4.79 Å². The molecule has 29 heavy (non-hydrogen) atoms. The van der Waals surface area contributed by atoms with Gasteiger partial charge < -0.3 is 9.30 Å². The Kier molecular flexibility index (Phi) is 5.53. The van der Waals surface area contributed by atoms with E-state index in [0.29, 0.717) is 5.56 Å². The number of nitrogens with one attached hydrogen (secondary N) is 1. The predicted octanol–water partition coefficient (Wildman–Crippen LogP) is 5.19. The number of carbonyl (C=O) groups is 1. The van der Waals surface area contributed by atoms with Gasteiger partial charge in [0.2, 0.25) is 0 Å². The average molecular weight is 497 g/mol. The second kappa shape index (κ2) is 8.24. The number of benzene rings is 3. The van der Waals surface area contributed by atoms with Crippen LogP contribution in [0.4, 0.5) is 0 Å². The third-order valence-electron chi connectivity index (χ3n) is 4.91. The second-order valence-corrected chi connectivity index (χ2v) is 7.75. The van der Waals surface area contributed by atoms with Crippen molar-refractivity contribution in [2.75, 3.05) is 7.11 Å². The first-order valence-corrected chi connectivity index (χ1v) is 10.4. The standard InChI is InChI=1S/C23H20IN3O2/c1-3-27-20-7-5-4-6-17(20)18-12-15(8-10-21(18)27)14-25-26-23(28)16-9-11-22(29-2)19(24)13-16/h4-14H,3H2,1-2H3,(H,26,28). The van der Waals surface area contributed by atoms with Gasteiger partial charge in [0.15, 0.2) is 0 Å². The van der Waals surface area contributed by atoms with Crippen molar-refractivity contribution in [3.8, 4) is 5.75 Å². The Bertz CT molecular complexity index is 1240. The highest BCUT2D eigenvalue weighted by atomic mass is 127. The SMILES string of the molecule is CCn1c2ccccc2c2cc(C=NNC(=O)c3ccc(OC)c(I)c3)ccc21. The van der Waals surface area contributed by atoms with Crippen molar-refractivity contribution >= 4 is 56.5 Å². The van der Waals surface area contributed by atoms with Gasteiger partial charge in [-0.05, 0) is 71.5 Å². The van der Waals surface area contributed by atoms with Crippen LogP contribution in [-0.4, -0.2) is 23.8 Å². The van der Waals surface area contributed by atoms with Crippen LogP contribution in [0.2, 0.25) is 0 Å². The summed E-state index contributed by atoms with van der Waals surface area (Å²) >= 11 is 2.14. The Labute approximate surface area is 182 Å². The molecular formula is C23H20IN3O2. The smallest absolute Gasteiger partial charge is 0.271 e. The maximum Gasteiger partial charge on any atom is 0.271 e. The van der Waals surface area contributed by atoms with Crippen molar-refractivity contribution < 1.29 is 9.53 Å². The molecule has 0 aliphatic carbocycles. The van der Waals surface area contributed by atoms with Crippen molar-refractivity contribution in [1.82, 2.24) is 9.99 Å². The Hall–Kier alpha value is -2.87. The molecule has 5 nitrogen and oxygen atoms in total. The Balaban J connectivity index is 1.58. The number of methoxy groups -OCH3 is 1. The monoisotopic (exact) mass is 497 g/mol. The number of carbonyl (C=O) groups excluding carboxylic acids is 1. The van der Waals surface area contributed by atoms with Crippen LogP contribution in [-0.2, 0) is 6.54 Å². The molecule has 0 atom stereocenters. The first-order chi connectivity index (χ1) is 14.1. The van der Waals surface area contributed by atoms with Crippen LogP contribution < -0.4 is 10.2 Å². The van der Waals surface area contributed by atoms with E-state index >= 15 is 0 Å². The number of hydrogen-bond donors (Lipinski definition) is 1. The highest BCUT2D eigenvalue weighted by molar-refractivity contribution is 14.1. The summed E-state index contributed by atoms with van der Waals surface area (Å²) in [5, 5.41) is 6.54. The quantitative estimate of drug-likeness (QED) is 0.235. The van der Waals surface area contributed by atoms with Gasteiger partial charge in [-0.1, -0.05) is 24.3 Å². The fourth-order valence-corrected chi connectivity index (χ4v) is 4.27. The topological polar surface area (TPSA) is 55.6 Å². The van der Waals surface area contributed by atoms with Crippen molar-refractivity contribution in [2.45, 2.75) is 13.5 Å². The largest absolute Gasteiger partial charge is 0.496 e. The van der Waals surface area contributed by atoms with E-state index in [1.54, 1.807) is 31.5 Å². The number of fused-ring (bicyclic) bond motifs is 3. The molecular weight excluding hydrogens is 477 g/mol. The molecule has 0 bridgehead atoms.